The number of fused-ring (bicyclic) bond motifs is 1. The topological polar surface area (TPSA) is 50.1 Å². The van der Waals surface area contributed by atoms with Gasteiger partial charge in [-0.15, -0.1) is 0 Å². The van der Waals surface area contributed by atoms with Gasteiger partial charge in [-0.3, -0.25) is 9.69 Å². The number of pyridine rings is 1. The molecule has 0 spiro atoms. The van der Waals surface area contributed by atoms with Gasteiger partial charge in [0.05, 0.1) is 18.2 Å². The molecule has 4 heterocycles. The van der Waals surface area contributed by atoms with Crippen molar-refractivity contribution in [3.63, 3.8) is 0 Å². The molecule has 2 fully saturated rings. The molecule has 25 heavy (non-hydrogen) atoms. The Balaban J connectivity index is 1.37. The number of carbonyl (C=O) groups excluding carboxylic acids is 1. The lowest BCUT2D eigenvalue weighted by atomic mass is 10.1. The third-order valence-electron chi connectivity index (χ3n) is 5.21. The molecule has 6 heteroatoms. The van der Waals surface area contributed by atoms with E-state index in [2.05, 4.69) is 40.8 Å². The van der Waals surface area contributed by atoms with Crippen molar-refractivity contribution in [3.05, 3.63) is 35.8 Å². The highest BCUT2D eigenvalue weighted by atomic mass is 16.5. The van der Waals surface area contributed by atoms with Crippen LogP contribution in [0.5, 0.6) is 0 Å². The van der Waals surface area contributed by atoms with E-state index >= 15 is 0 Å². The molecule has 1 unspecified atom stereocenters. The fraction of sp³-hybridized carbons (Fsp3) is 0.579. The highest BCUT2D eigenvalue weighted by Crippen LogP contribution is 2.17. The van der Waals surface area contributed by atoms with Crippen molar-refractivity contribution in [3.8, 4) is 0 Å². The minimum absolute atomic E-state index is 0.0771. The quantitative estimate of drug-likeness (QED) is 0.852. The molecular formula is C19H26N4O2. The number of nitrogens with zero attached hydrogens (tertiary/aromatic N) is 4. The zero-order chi connectivity index (χ0) is 17.2. The van der Waals surface area contributed by atoms with E-state index in [1.165, 1.54) is 5.56 Å². The van der Waals surface area contributed by atoms with Crippen LogP contribution in [0.4, 0.5) is 0 Å². The monoisotopic (exact) mass is 342 g/mol. The van der Waals surface area contributed by atoms with E-state index in [0.717, 1.165) is 63.5 Å². The summed E-state index contributed by atoms with van der Waals surface area (Å²) < 4.78 is 7.46. The lowest BCUT2D eigenvalue weighted by Crippen LogP contribution is -2.39. The average molecular weight is 342 g/mol. The number of amides is 1. The van der Waals surface area contributed by atoms with Crippen LogP contribution in [-0.4, -0.2) is 64.5 Å². The number of aryl methyl sites for hydroxylation is 1. The van der Waals surface area contributed by atoms with Crippen molar-refractivity contribution >= 4 is 11.6 Å². The maximum absolute atomic E-state index is 12.6. The fourth-order valence-electron chi connectivity index (χ4n) is 3.80. The summed E-state index contributed by atoms with van der Waals surface area (Å²) in [6, 6.07) is 4.15. The summed E-state index contributed by atoms with van der Waals surface area (Å²) >= 11 is 0. The largest absolute Gasteiger partial charge is 0.381 e. The van der Waals surface area contributed by atoms with Crippen LogP contribution in [0.2, 0.25) is 0 Å². The van der Waals surface area contributed by atoms with Gasteiger partial charge >= 0.3 is 0 Å². The van der Waals surface area contributed by atoms with Crippen molar-refractivity contribution in [2.45, 2.75) is 26.3 Å². The molecule has 1 amide bonds. The second-order valence-electron chi connectivity index (χ2n) is 7.22. The van der Waals surface area contributed by atoms with E-state index in [-0.39, 0.29) is 11.8 Å². The first kappa shape index (κ1) is 16.5. The lowest BCUT2D eigenvalue weighted by Gasteiger charge is -2.23. The van der Waals surface area contributed by atoms with Gasteiger partial charge in [0.2, 0.25) is 5.91 Å². The van der Waals surface area contributed by atoms with Crippen LogP contribution >= 0.6 is 0 Å². The Bertz CT molecular complexity index is 751. The summed E-state index contributed by atoms with van der Waals surface area (Å²) in [5, 5.41) is 0. The summed E-state index contributed by atoms with van der Waals surface area (Å²) in [4.78, 5) is 21.7. The van der Waals surface area contributed by atoms with Crippen molar-refractivity contribution in [2.75, 3.05) is 39.4 Å². The van der Waals surface area contributed by atoms with Crippen molar-refractivity contribution in [2.24, 2.45) is 5.92 Å². The molecular weight excluding hydrogens is 316 g/mol. The third-order valence-corrected chi connectivity index (χ3v) is 5.21. The molecule has 0 aromatic carbocycles. The number of aromatic nitrogens is 2. The molecule has 2 saturated heterocycles. The molecule has 2 aromatic heterocycles. The van der Waals surface area contributed by atoms with Crippen LogP contribution in [0.15, 0.2) is 24.5 Å². The average Bonchev–Trinajstić information content (AvgIpc) is 3.20. The van der Waals surface area contributed by atoms with Crippen LogP contribution in [-0.2, 0) is 16.1 Å². The number of ether oxygens (including phenoxy) is 1. The van der Waals surface area contributed by atoms with E-state index in [1.807, 2.05) is 4.90 Å². The molecule has 4 rings (SSSR count). The molecule has 2 aromatic rings. The molecule has 0 aliphatic carbocycles. The van der Waals surface area contributed by atoms with Crippen LogP contribution in [0.1, 0.15) is 24.1 Å². The molecule has 0 bridgehead atoms. The van der Waals surface area contributed by atoms with Crippen LogP contribution in [0.25, 0.3) is 5.65 Å². The maximum Gasteiger partial charge on any atom is 0.228 e. The molecule has 6 nitrogen and oxygen atoms in total. The van der Waals surface area contributed by atoms with E-state index in [0.29, 0.717) is 6.61 Å². The number of hydrogen-bond donors (Lipinski definition) is 0. The first-order chi connectivity index (χ1) is 12.2. The number of imidazole rings is 1. The van der Waals surface area contributed by atoms with Crippen molar-refractivity contribution in [1.82, 2.24) is 19.2 Å². The maximum atomic E-state index is 12.6. The Morgan fingerprint density at radius 1 is 1.24 bits per heavy atom. The second kappa shape index (κ2) is 7.14. The molecule has 2 aliphatic heterocycles. The molecule has 134 valence electrons. The Labute approximate surface area is 148 Å². The van der Waals surface area contributed by atoms with Crippen molar-refractivity contribution < 1.29 is 9.53 Å². The SMILES string of the molecule is Cc1ccc2nc(CN3CCCN(C(=O)C4CCOC4)CC3)cn2c1. The highest BCUT2D eigenvalue weighted by Gasteiger charge is 2.29. The highest BCUT2D eigenvalue weighted by molar-refractivity contribution is 5.79. The number of rotatable bonds is 3. The predicted octanol–water partition coefficient (Wildman–Crippen LogP) is 1.71. The van der Waals surface area contributed by atoms with E-state index < -0.39 is 0 Å². The van der Waals surface area contributed by atoms with Gasteiger partial charge in [0.15, 0.2) is 0 Å². The minimum Gasteiger partial charge on any atom is -0.381 e. The second-order valence-corrected chi connectivity index (χ2v) is 7.22. The Hall–Kier alpha value is -1.92. The summed E-state index contributed by atoms with van der Waals surface area (Å²) in [5.74, 6) is 0.357. The number of carbonyl (C=O) groups is 1. The summed E-state index contributed by atoms with van der Waals surface area (Å²) in [6.07, 6.45) is 6.12. The molecule has 0 radical (unpaired) electrons. The summed E-state index contributed by atoms with van der Waals surface area (Å²) in [5.41, 5.74) is 3.32. The Morgan fingerprint density at radius 2 is 2.16 bits per heavy atom. The Morgan fingerprint density at radius 3 is 3.00 bits per heavy atom. The zero-order valence-corrected chi connectivity index (χ0v) is 14.9. The molecule has 0 saturated carbocycles. The van der Waals surface area contributed by atoms with Gasteiger partial charge in [-0.05, 0) is 31.4 Å². The lowest BCUT2D eigenvalue weighted by molar-refractivity contribution is -0.135. The van der Waals surface area contributed by atoms with Crippen LogP contribution < -0.4 is 0 Å². The zero-order valence-electron chi connectivity index (χ0n) is 14.9. The summed E-state index contributed by atoms with van der Waals surface area (Å²) in [6.45, 7) is 7.84. The summed E-state index contributed by atoms with van der Waals surface area (Å²) in [7, 11) is 0. The van der Waals surface area contributed by atoms with Crippen LogP contribution in [0, 0.1) is 12.8 Å². The number of hydrogen-bond acceptors (Lipinski definition) is 4. The molecule has 2 aliphatic rings. The van der Waals surface area contributed by atoms with Gasteiger partial charge < -0.3 is 14.0 Å². The van der Waals surface area contributed by atoms with Gasteiger partial charge in [-0.25, -0.2) is 4.98 Å². The van der Waals surface area contributed by atoms with Gasteiger partial charge in [0.25, 0.3) is 0 Å². The minimum atomic E-state index is 0.0771. The first-order valence-electron chi connectivity index (χ1n) is 9.22. The van der Waals surface area contributed by atoms with Gasteiger partial charge in [0, 0.05) is 51.7 Å². The van der Waals surface area contributed by atoms with E-state index in [9.17, 15) is 4.79 Å². The smallest absolute Gasteiger partial charge is 0.228 e. The van der Waals surface area contributed by atoms with Crippen LogP contribution in [0.3, 0.4) is 0 Å². The standard InChI is InChI=1S/C19H26N4O2/c1-15-3-4-18-20-17(13-23(18)11-15)12-21-6-2-7-22(9-8-21)19(24)16-5-10-25-14-16/h3-4,11,13,16H,2,5-10,12,14H2,1H3. The Kier molecular flexibility index (Phi) is 4.72. The predicted molar refractivity (Wildman–Crippen MR) is 95.3 cm³/mol. The third kappa shape index (κ3) is 3.70. The van der Waals surface area contributed by atoms with Crippen molar-refractivity contribution in [1.29, 1.82) is 0 Å². The normalized spacial score (nSPS) is 22.4. The molecule has 1 atom stereocenters. The molecule has 0 N–H and O–H groups in total. The fourth-order valence-corrected chi connectivity index (χ4v) is 3.80. The van der Waals surface area contributed by atoms with Gasteiger partial charge in [-0.2, -0.15) is 0 Å². The van der Waals surface area contributed by atoms with E-state index in [1.54, 1.807) is 0 Å². The van der Waals surface area contributed by atoms with Gasteiger partial charge in [-0.1, -0.05) is 6.07 Å². The van der Waals surface area contributed by atoms with Gasteiger partial charge in [0.1, 0.15) is 5.65 Å². The first-order valence-corrected chi connectivity index (χ1v) is 9.22. The van der Waals surface area contributed by atoms with E-state index in [4.69, 9.17) is 9.72 Å².